The average Bonchev–Trinajstić information content (AvgIpc) is 3.47. The molecule has 1 amide bonds. The summed E-state index contributed by atoms with van der Waals surface area (Å²) in [4.78, 5) is 27.9. The summed E-state index contributed by atoms with van der Waals surface area (Å²) in [6.45, 7) is 3.63. The lowest BCUT2D eigenvalue weighted by atomic mass is 9.93. The lowest BCUT2D eigenvalue weighted by Gasteiger charge is -2.23. The van der Waals surface area contributed by atoms with Crippen molar-refractivity contribution in [2.24, 2.45) is 0 Å². The van der Waals surface area contributed by atoms with Crippen molar-refractivity contribution in [1.82, 2.24) is 10.2 Å². The zero-order valence-electron chi connectivity index (χ0n) is 20.6. The van der Waals surface area contributed by atoms with Crippen LogP contribution in [-0.4, -0.2) is 27.0 Å². The van der Waals surface area contributed by atoms with Crippen LogP contribution in [0.15, 0.2) is 70.6 Å². The molecule has 39 heavy (non-hydrogen) atoms. The smallest absolute Gasteiger partial charge is 0.301 e. The molecule has 0 radical (unpaired) electrons. The van der Waals surface area contributed by atoms with E-state index in [-0.39, 0.29) is 22.0 Å². The largest absolute Gasteiger partial charge is 0.507 e. The number of amides is 1. The van der Waals surface area contributed by atoms with Crippen molar-refractivity contribution < 1.29 is 19.1 Å². The van der Waals surface area contributed by atoms with Crippen molar-refractivity contribution in [3.05, 3.63) is 110 Å². The van der Waals surface area contributed by atoms with Crippen LogP contribution in [0.3, 0.4) is 0 Å². The highest BCUT2D eigenvalue weighted by Crippen LogP contribution is 2.45. The molecule has 1 unspecified atom stereocenters. The van der Waals surface area contributed by atoms with Crippen molar-refractivity contribution >= 4 is 68.9 Å². The summed E-state index contributed by atoms with van der Waals surface area (Å²) in [5.74, 6) is -2.39. The Labute approximate surface area is 242 Å². The van der Waals surface area contributed by atoms with E-state index >= 15 is 4.39 Å². The molecular formula is C28H20Cl2FN3O3S2. The van der Waals surface area contributed by atoms with E-state index in [0.717, 1.165) is 27.4 Å². The number of aliphatic hydroxyl groups excluding tert-OH is 1. The molecule has 5 rings (SSSR count). The molecule has 1 fully saturated rings. The van der Waals surface area contributed by atoms with E-state index in [4.69, 9.17) is 23.2 Å². The Hall–Kier alpha value is -3.24. The highest BCUT2D eigenvalue weighted by molar-refractivity contribution is 8.00. The highest BCUT2D eigenvalue weighted by Gasteiger charge is 2.49. The van der Waals surface area contributed by atoms with Crippen molar-refractivity contribution in [2.75, 3.05) is 4.90 Å². The molecule has 0 spiro atoms. The number of benzene rings is 3. The lowest BCUT2D eigenvalue weighted by molar-refractivity contribution is -0.132. The number of hydrogen-bond acceptors (Lipinski definition) is 7. The molecule has 1 aliphatic rings. The third kappa shape index (κ3) is 5.32. The first-order valence-corrected chi connectivity index (χ1v) is 14.2. The van der Waals surface area contributed by atoms with Crippen LogP contribution >= 0.6 is 46.3 Å². The van der Waals surface area contributed by atoms with E-state index < -0.39 is 23.5 Å². The SMILES string of the molecule is Cc1ccc(C)c(/C(O)=C2\C(=O)C(=O)N(c3nnc(SCc4ccc(Cl)cc4Cl)s3)C2c2ccccc2F)c1. The molecule has 0 saturated carbocycles. The van der Waals surface area contributed by atoms with Gasteiger partial charge in [-0.3, -0.25) is 14.5 Å². The van der Waals surface area contributed by atoms with E-state index in [2.05, 4.69) is 10.2 Å². The summed E-state index contributed by atoms with van der Waals surface area (Å²) in [5.41, 5.74) is 2.63. The first-order valence-electron chi connectivity index (χ1n) is 11.7. The zero-order chi connectivity index (χ0) is 27.8. The molecule has 2 heterocycles. The fourth-order valence-electron chi connectivity index (χ4n) is 4.29. The number of thioether (sulfide) groups is 1. The van der Waals surface area contributed by atoms with E-state index in [1.807, 2.05) is 19.1 Å². The fraction of sp³-hybridized carbons (Fsp3) is 0.143. The number of hydrogen-bond donors (Lipinski definition) is 1. The fourth-order valence-corrected chi connectivity index (χ4v) is 6.72. The van der Waals surface area contributed by atoms with E-state index in [1.165, 1.54) is 30.0 Å². The molecule has 1 aliphatic heterocycles. The number of carbonyl (C=O) groups is 2. The van der Waals surface area contributed by atoms with Gasteiger partial charge in [-0.15, -0.1) is 10.2 Å². The van der Waals surface area contributed by atoms with Gasteiger partial charge in [0.25, 0.3) is 5.78 Å². The minimum absolute atomic E-state index is 0.0564. The number of Topliss-reactive ketones (excluding diaryl/α,β-unsaturated/α-hetero) is 1. The van der Waals surface area contributed by atoms with Crippen LogP contribution in [0.2, 0.25) is 10.0 Å². The first kappa shape index (κ1) is 27.3. The summed E-state index contributed by atoms with van der Waals surface area (Å²) in [6, 6.07) is 15.2. The van der Waals surface area contributed by atoms with Gasteiger partial charge in [0.15, 0.2) is 4.34 Å². The standard InChI is InChI=1S/C28H20Cl2FN3O3S2/c1-14-7-8-15(2)19(11-14)24(35)22-23(18-5-3-4-6-21(18)31)34(26(37)25(22)36)27-32-33-28(39-27)38-13-16-9-10-17(29)12-20(16)30/h3-12,23,35H,13H2,1-2H3/b24-22+. The van der Waals surface area contributed by atoms with Crippen LogP contribution in [0.5, 0.6) is 0 Å². The monoisotopic (exact) mass is 599 g/mol. The van der Waals surface area contributed by atoms with Crippen LogP contribution in [-0.2, 0) is 15.3 Å². The van der Waals surface area contributed by atoms with Gasteiger partial charge in [-0.05, 0) is 49.2 Å². The Balaban J connectivity index is 1.57. The van der Waals surface area contributed by atoms with Crippen molar-refractivity contribution in [3.63, 3.8) is 0 Å². The molecule has 1 saturated heterocycles. The van der Waals surface area contributed by atoms with Gasteiger partial charge in [0.1, 0.15) is 17.6 Å². The summed E-state index contributed by atoms with van der Waals surface area (Å²) in [6.07, 6.45) is 0. The first-order chi connectivity index (χ1) is 18.7. The summed E-state index contributed by atoms with van der Waals surface area (Å²) < 4.78 is 15.6. The zero-order valence-corrected chi connectivity index (χ0v) is 23.8. The molecule has 0 bridgehead atoms. The van der Waals surface area contributed by atoms with Gasteiger partial charge in [0, 0.05) is 26.9 Å². The maximum absolute atomic E-state index is 15.1. The molecule has 3 aromatic carbocycles. The van der Waals surface area contributed by atoms with E-state index in [0.29, 0.717) is 31.3 Å². The molecule has 4 aromatic rings. The highest BCUT2D eigenvalue weighted by atomic mass is 35.5. The summed E-state index contributed by atoms with van der Waals surface area (Å²) >= 11 is 14.7. The second kappa shape index (κ2) is 11.1. The van der Waals surface area contributed by atoms with Crippen LogP contribution in [0.1, 0.15) is 33.9 Å². The van der Waals surface area contributed by atoms with Crippen LogP contribution in [0.25, 0.3) is 5.76 Å². The van der Waals surface area contributed by atoms with Gasteiger partial charge in [0.2, 0.25) is 5.13 Å². The maximum Gasteiger partial charge on any atom is 0.301 e. The van der Waals surface area contributed by atoms with Crippen LogP contribution < -0.4 is 4.90 Å². The normalized spacial score (nSPS) is 16.7. The van der Waals surface area contributed by atoms with Crippen molar-refractivity contribution in [1.29, 1.82) is 0 Å². The number of aryl methyl sites for hydroxylation is 2. The number of anilines is 1. The van der Waals surface area contributed by atoms with Gasteiger partial charge in [-0.25, -0.2) is 4.39 Å². The molecule has 1 N–H and O–H groups in total. The molecule has 198 valence electrons. The number of rotatable bonds is 6. The summed E-state index contributed by atoms with van der Waals surface area (Å²) in [5, 5.41) is 20.8. The number of ketones is 1. The van der Waals surface area contributed by atoms with Gasteiger partial charge in [-0.2, -0.15) is 0 Å². The Bertz CT molecular complexity index is 1660. The van der Waals surface area contributed by atoms with E-state index in [1.54, 1.807) is 37.3 Å². The molecule has 6 nitrogen and oxygen atoms in total. The predicted molar refractivity (Wildman–Crippen MR) is 153 cm³/mol. The number of halogens is 3. The molecule has 1 atom stereocenters. The molecule has 0 aliphatic carbocycles. The topological polar surface area (TPSA) is 83.4 Å². The Morgan fingerprint density at radius 3 is 2.59 bits per heavy atom. The Morgan fingerprint density at radius 2 is 1.85 bits per heavy atom. The van der Waals surface area contributed by atoms with Crippen molar-refractivity contribution in [3.8, 4) is 0 Å². The predicted octanol–water partition coefficient (Wildman–Crippen LogP) is 7.52. The number of aliphatic hydroxyl groups is 1. The lowest BCUT2D eigenvalue weighted by Crippen LogP contribution is -2.29. The second-order valence-electron chi connectivity index (χ2n) is 8.88. The van der Waals surface area contributed by atoms with Crippen molar-refractivity contribution in [2.45, 2.75) is 30.0 Å². The number of carbonyl (C=O) groups excluding carboxylic acids is 2. The molecular weight excluding hydrogens is 580 g/mol. The Kier molecular flexibility index (Phi) is 7.77. The minimum Gasteiger partial charge on any atom is -0.507 e. The van der Waals surface area contributed by atoms with Gasteiger partial charge in [-0.1, -0.05) is 88.3 Å². The second-order valence-corrected chi connectivity index (χ2v) is 11.9. The summed E-state index contributed by atoms with van der Waals surface area (Å²) in [7, 11) is 0. The van der Waals surface area contributed by atoms with Gasteiger partial charge >= 0.3 is 5.91 Å². The van der Waals surface area contributed by atoms with E-state index in [9.17, 15) is 14.7 Å². The van der Waals surface area contributed by atoms with Crippen LogP contribution in [0.4, 0.5) is 9.52 Å². The number of aromatic nitrogens is 2. The Morgan fingerprint density at radius 1 is 1.08 bits per heavy atom. The van der Waals surface area contributed by atoms with Gasteiger partial charge < -0.3 is 5.11 Å². The maximum atomic E-state index is 15.1. The van der Waals surface area contributed by atoms with Crippen LogP contribution in [0, 0.1) is 19.7 Å². The average molecular weight is 601 g/mol. The quantitative estimate of drug-likeness (QED) is 0.0811. The molecule has 1 aromatic heterocycles. The van der Waals surface area contributed by atoms with Gasteiger partial charge in [0.05, 0.1) is 5.57 Å². The minimum atomic E-state index is -1.23. The molecule has 11 heteroatoms. The third-order valence-corrected chi connectivity index (χ3v) is 8.95. The third-order valence-electron chi connectivity index (χ3n) is 6.26. The number of nitrogens with zero attached hydrogens (tertiary/aromatic N) is 3.